The number of aryl methyl sites for hydroxylation is 1. The number of ether oxygens (including phenoxy) is 2. The van der Waals surface area contributed by atoms with Gasteiger partial charge < -0.3 is 20.1 Å². The molecule has 3 aromatic carbocycles. The molecule has 1 saturated heterocycles. The summed E-state index contributed by atoms with van der Waals surface area (Å²) in [6, 6.07) is 20.8. The molecule has 192 valence electrons. The Bertz CT molecular complexity index is 1260. The van der Waals surface area contributed by atoms with Crippen LogP contribution in [0.4, 0.5) is 10.5 Å². The molecule has 3 aromatic rings. The molecule has 37 heavy (non-hydrogen) atoms. The first-order valence-electron chi connectivity index (χ1n) is 12.3. The van der Waals surface area contributed by atoms with Crippen LogP contribution in [-0.4, -0.2) is 42.5 Å². The Labute approximate surface area is 216 Å². The first kappa shape index (κ1) is 25.8. The molecule has 8 heteroatoms. The molecule has 1 aliphatic heterocycles. The topological polar surface area (TPSA) is 97.0 Å². The molecular formula is C29H31N3O5. The van der Waals surface area contributed by atoms with E-state index in [1.165, 1.54) is 4.90 Å². The maximum atomic E-state index is 13.2. The van der Waals surface area contributed by atoms with E-state index < -0.39 is 18.2 Å². The van der Waals surface area contributed by atoms with E-state index in [9.17, 15) is 14.4 Å². The summed E-state index contributed by atoms with van der Waals surface area (Å²) in [7, 11) is 1.54. The minimum atomic E-state index is -0.822. The van der Waals surface area contributed by atoms with Crippen molar-refractivity contribution in [1.82, 2.24) is 10.2 Å². The average molecular weight is 502 g/mol. The van der Waals surface area contributed by atoms with Gasteiger partial charge in [0.2, 0.25) is 5.91 Å². The number of rotatable bonds is 9. The number of anilines is 1. The van der Waals surface area contributed by atoms with Crippen LogP contribution in [-0.2, 0) is 16.1 Å². The second-order valence-electron chi connectivity index (χ2n) is 8.96. The third-order valence-electron chi connectivity index (χ3n) is 6.21. The van der Waals surface area contributed by atoms with Crippen LogP contribution < -0.4 is 15.4 Å². The Hall–Kier alpha value is -4.33. The van der Waals surface area contributed by atoms with Gasteiger partial charge in [-0.05, 0) is 54.8 Å². The fourth-order valence-corrected chi connectivity index (χ4v) is 4.18. The van der Waals surface area contributed by atoms with Crippen LogP contribution in [0.15, 0.2) is 72.8 Å². The first-order valence-corrected chi connectivity index (χ1v) is 12.3. The van der Waals surface area contributed by atoms with Crippen molar-refractivity contribution in [2.75, 3.05) is 19.0 Å². The Balaban J connectivity index is 1.53. The number of methoxy groups -OCH3 is 1. The molecule has 2 atom stereocenters. The number of benzene rings is 3. The average Bonchev–Trinajstić information content (AvgIpc) is 3.24. The molecule has 0 bridgehead atoms. The highest BCUT2D eigenvalue weighted by atomic mass is 16.6. The largest absolute Gasteiger partial charge is 0.497 e. The highest BCUT2D eigenvalue weighted by molar-refractivity contribution is 6.04. The van der Waals surface area contributed by atoms with Crippen LogP contribution in [0.3, 0.4) is 0 Å². The van der Waals surface area contributed by atoms with E-state index in [0.29, 0.717) is 29.1 Å². The number of hydrogen-bond acceptors (Lipinski definition) is 5. The molecule has 0 aliphatic carbocycles. The molecule has 2 N–H and O–H groups in total. The standard InChI is InChI=1S/C29H31N3O5/c1-4-16-30-28(34)25-26(37-29(35)32(25)18-20-10-8-19(2)9-11-20)21-12-14-23(15-13-21)31-27(33)22-6-5-7-24(17-22)36-3/h5-15,17,25-26H,4,16,18H2,1-3H3,(H,30,34)(H,31,33). The van der Waals surface area contributed by atoms with Crippen LogP contribution in [0.25, 0.3) is 0 Å². The van der Waals surface area contributed by atoms with Crippen molar-refractivity contribution in [3.63, 3.8) is 0 Å². The van der Waals surface area contributed by atoms with Crippen molar-refractivity contribution < 1.29 is 23.9 Å². The van der Waals surface area contributed by atoms with Crippen LogP contribution >= 0.6 is 0 Å². The van der Waals surface area contributed by atoms with E-state index in [4.69, 9.17) is 9.47 Å². The molecule has 0 radical (unpaired) electrons. The lowest BCUT2D eigenvalue weighted by Gasteiger charge is -2.24. The van der Waals surface area contributed by atoms with E-state index in [0.717, 1.165) is 17.5 Å². The Morgan fingerprint density at radius 3 is 2.43 bits per heavy atom. The minimum Gasteiger partial charge on any atom is -0.497 e. The SMILES string of the molecule is CCCNC(=O)C1C(c2ccc(NC(=O)c3cccc(OC)c3)cc2)OC(=O)N1Cc1ccc(C)cc1. The van der Waals surface area contributed by atoms with Crippen LogP contribution in [0.5, 0.6) is 5.75 Å². The normalized spacial score (nSPS) is 16.7. The number of amides is 3. The first-order chi connectivity index (χ1) is 17.9. The molecule has 2 unspecified atom stereocenters. The van der Waals surface area contributed by atoms with E-state index in [2.05, 4.69) is 10.6 Å². The van der Waals surface area contributed by atoms with Gasteiger partial charge in [-0.3, -0.25) is 14.5 Å². The van der Waals surface area contributed by atoms with Crippen LogP contribution in [0.1, 0.15) is 46.5 Å². The quantitative estimate of drug-likeness (QED) is 0.437. The van der Waals surface area contributed by atoms with Gasteiger partial charge in [-0.15, -0.1) is 0 Å². The summed E-state index contributed by atoms with van der Waals surface area (Å²) >= 11 is 0. The summed E-state index contributed by atoms with van der Waals surface area (Å²) < 4.78 is 10.9. The van der Waals surface area contributed by atoms with Gasteiger partial charge >= 0.3 is 6.09 Å². The third-order valence-corrected chi connectivity index (χ3v) is 6.21. The van der Waals surface area contributed by atoms with E-state index in [1.54, 1.807) is 55.6 Å². The van der Waals surface area contributed by atoms with Crippen molar-refractivity contribution in [2.45, 2.75) is 39.0 Å². The molecule has 3 amide bonds. The van der Waals surface area contributed by atoms with Gasteiger partial charge in [0, 0.05) is 17.8 Å². The highest BCUT2D eigenvalue weighted by Crippen LogP contribution is 2.34. The van der Waals surface area contributed by atoms with E-state index in [1.807, 2.05) is 38.1 Å². The fraction of sp³-hybridized carbons (Fsp3) is 0.276. The van der Waals surface area contributed by atoms with Gasteiger partial charge in [-0.25, -0.2) is 4.79 Å². The molecule has 1 fully saturated rings. The maximum absolute atomic E-state index is 13.2. The number of cyclic esters (lactones) is 1. The van der Waals surface area contributed by atoms with Crippen LogP contribution in [0, 0.1) is 6.92 Å². The molecule has 8 nitrogen and oxygen atoms in total. The smallest absolute Gasteiger partial charge is 0.411 e. The van der Waals surface area contributed by atoms with Crippen molar-refractivity contribution in [2.24, 2.45) is 0 Å². The van der Waals surface area contributed by atoms with Gasteiger partial charge in [0.25, 0.3) is 5.91 Å². The summed E-state index contributed by atoms with van der Waals surface area (Å²) in [6.07, 6.45) is -0.548. The van der Waals surface area contributed by atoms with Crippen molar-refractivity contribution in [1.29, 1.82) is 0 Å². The summed E-state index contributed by atoms with van der Waals surface area (Å²) in [5, 5.41) is 5.76. The minimum absolute atomic E-state index is 0.258. The van der Waals surface area contributed by atoms with Crippen molar-refractivity contribution >= 4 is 23.6 Å². The number of carbonyl (C=O) groups excluding carboxylic acids is 3. The summed E-state index contributed by atoms with van der Waals surface area (Å²) in [4.78, 5) is 40.2. The number of hydrogen-bond donors (Lipinski definition) is 2. The number of nitrogens with one attached hydrogen (secondary N) is 2. The third kappa shape index (κ3) is 6.09. The highest BCUT2D eigenvalue weighted by Gasteiger charge is 2.46. The Morgan fingerprint density at radius 2 is 1.76 bits per heavy atom. The molecule has 1 aliphatic rings. The van der Waals surface area contributed by atoms with E-state index in [-0.39, 0.29) is 18.4 Å². The Kier molecular flexibility index (Phi) is 8.08. The monoisotopic (exact) mass is 501 g/mol. The van der Waals surface area contributed by atoms with Crippen LogP contribution in [0.2, 0.25) is 0 Å². The fourth-order valence-electron chi connectivity index (χ4n) is 4.18. The maximum Gasteiger partial charge on any atom is 0.411 e. The molecule has 1 heterocycles. The van der Waals surface area contributed by atoms with Crippen molar-refractivity contribution in [3.8, 4) is 5.75 Å². The Morgan fingerprint density at radius 1 is 1.03 bits per heavy atom. The summed E-state index contributed by atoms with van der Waals surface area (Å²) in [5.74, 6) is 0.0499. The molecule has 0 saturated carbocycles. The molecule has 0 spiro atoms. The molecular weight excluding hydrogens is 470 g/mol. The van der Waals surface area contributed by atoms with Gasteiger partial charge in [0.15, 0.2) is 12.1 Å². The van der Waals surface area contributed by atoms with Gasteiger partial charge in [-0.2, -0.15) is 0 Å². The molecule has 0 aromatic heterocycles. The zero-order valence-electron chi connectivity index (χ0n) is 21.2. The zero-order valence-corrected chi connectivity index (χ0v) is 21.2. The van der Waals surface area contributed by atoms with Crippen molar-refractivity contribution in [3.05, 3.63) is 95.1 Å². The van der Waals surface area contributed by atoms with Gasteiger partial charge in [-0.1, -0.05) is 55.0 Å². The second-order valence-corrected chi connectivity index (χ2v) is 8.96. The predicted octanol–water partition coefficient (Wildman–Crippen LogP) is 4.84. The molecule has 4 rings (SSSR count). The number of carbonyl (C=O) groups is 3. The predicted molar refractivity (Wildman–Crippen MR) is 140 cm³/mol. The lowest BCUT2D eigenvalue weighted by atomic mass is 10.00. The zero-order chi connectivity index (χ0) is 26.4. The summed E-state index contributed by atoms with van der Waals surface area (Å²) in [6.45, 7) is 4.72. The second kappa shape index (κ2) is 11.6. The van der Waals surface area contributed by atoms with E-state index >= 15 is 0 Å². The van der Waals surface area contributed by atoms with Gasteiger partial charge in [0.05, 0.1) is 13.7 Å². The lowest BCUT2D eigenvalue weighted by Crippen LogP contribution is -2.46. The summed E-state index contributed by atoms with van der Waals surface area (Å²) in [5.41, 5.74) is 3.72. The van der Waals surface area contributed by atoms with Gasteiger partial charge in [0.1, 0.15) is 5.75 Å². The number of nitrogens with zero attached hydrogens (tertiary/aromatic N) is 1. The lowest BCUT2D eigenvalue weighted by molar-refractivity contribution is -0.126.